The van der Waals surface area contributed by atoms with E-state index in [4.69, 9.17) is 16.3 Å². The number of halogens is 1. The molecule has 1 aromatic heterocycles. The first kappa shape index (κ1) is 25.1. The molecule has 0 saturated carbocycles. The largest absolute Gasteiger partial charge is 0.465 e. The van der Waals surface area contributed by atoms with Gasteiger partial charge in [0.25, 0.3) is 5.91 Å². The predicted molar refractivity (Wildman–Crippen MR) is 141 cm³/mol. The highest BCUT2D eigenvalue weighted by Gasteiger charge is 2.22. The number of amides is 1. The zero-order valence-corrected chi connectivity index (χ0v) is 20.8. The lowest BCUT2D eigenvalue weighted by atomic mass is 9.91. The summed E-state index contributed by atoms with van der Waals surface area (Å²) in [5.41, 5.74) is 5.33. The quantitative estimate of drug-likeness (QED) is 0.208. The zero-order valence-electron chi connectivity index (χ0n) is 19.3. The molecule has 9 heteroatoms. The Morgan fingerprint density at radius 1 is 1.03 bits per heavy atom. The van der Waals surface area contributed by atoms with E-state index in [1.807, 2.05) is 60.7 Å². The van der Waals surface area contributed by atoms with Crippen LogP contribution in [0, 0.1) is 0 Å². The molecular weight excluding hydrogens is 498 g/mol. The van der Waals surface area contributed by atoms with Gasteiger partial charge in [-0.1, -0.05) is 95.7 Å². The summed E-state index contributed by atoms with van der Waals surface area (Å²) in [7, 11) is 1.31. The van der Waals surface area contributed by atoms with E-state index in [9.17, 15) is 14.4 Å². The summed E-state index contributed by atoms with van der Waals surface area (Å²) in [6.45, 7) is 0.170. The van der Waals surface area contributed by atoms with Crippen LogP contribution < -0.4 is 10.3 Å². The Kier molecular flexibility index (Phi) is 8.10. The summed E-state index contributed by atoms with van der Waals surface area (Å²) in [6.07, 6.45) is 1.36. The van der Waals surface area contributed by atoms with E-state index >= 15 is 0 Å². The summed E-state index contributed by atoms with van der Waals surface area (Å²) in [4.78, 5) is 37.6. The van der Waals surface area contributed by atoms with Crippen LogP contribution >= 0.6 is 22.9 Å². The highest BCUT2D eigenvalue weighted by molar-refractivity contribution is 7.11. The third-order valence-corrected chi connectivity index (χ3v) is 6.86. The molecule has 1 N–H and O–H groups in total. The van der Waals surface area contributed by atoms with E-state index in [0.29, 0.717) is 16.0 Å². The molecule has 0 aliphatic rings. The first-order chi connectivity index (χ1) is 17.5. The molecule has 0 unspecified atom stereocenters. The molecule has 36 heavy (non-hydrogen) atoms. The Balaban J connectivity index is 1.51. The molecule has 0 aliphatic carbocycles. The molecule has 1 amide bonds. The van der Waals surface area contributed by atoms with Crippen molar-refractivity contribution in [3.8, 4) is 0 Å². The average Bonchev–Trinajstić information content (AvgIpc) is 3.17. The molecule has 3 aromatic carbocycles. The molecule has 7 nitrogen and oxygen atoms in total. The summed E-state index contributed by atoms with van der Waals surface area (Å²) in [6, 6.07) is 25.6. The van der Waals surface area contributed by atoms with Gasteiger partial charge in [-0.05, 0) is 28.8 Å². The SMILES string of the molecule is COC(=O)c1cccc(Cn2c(Cl)c(/C=N/NC(=O)C(c3ccccc3)c3ccccc3)sc2=O)c1. The van der Waals surface area contributed by atoms with Crippen molar-refractivity contribution in [1.29, 1.82) is 0 Å². The first-order valence-corrected chi connectivity index (χ1v) is 12.2. The summed E-state index contributed by atoms with van der Waals surface area (Å²) in [5.74, 6) is -1.33. The molecule has 0 aliphatic heterocycles. The second kappa shape index (κ2) is 11.6. The van der Waals surface area contributed by atoms with E-state index in [1.54, 1.807) is 24.3 Å². The number of carbonyl (C=O) groups is 2. The number of ether oxygens (including phenoxy) is 1. The molecule has 0 bridgehead atoms. The fourth-order valence-corrected chi connectivity index (χ4v) is 4.83. The maximum atomic E-state index is 13.1. The van der Waals surface area contributed by atoms with Crippen molar-refractivity contribution in [2.75, 3.05) is 7.11 Å². The molecule has 0 radical (unpaired) electrons. The minimum Gasteiger partial charge on any atom is -0.465 e. The number of benzene rings is 3. The molecule has 0 atom stereocenters. The molecule has 0 spiro atoms. The van der Waals surface area contributed by atoms with Gasteiger partial charge in [0, 0.05) is 0 Å². The van der Waals surface area contributed by atoms with Crippen LogP contribution in [0.2, 0.25) is 5.15 Å². The number of hydrazone groups is 1. The summed E-state index contributed by atoms with van der Waals surface area (Å²) < 4.78 is 6.12. The third kappa shape index (κ3) is 5.79. The van der Waals surface area contributed by atoms with Crippen LogP contribution in [0.25, 0.3) is 0 Å². The molecule has 182 valence electrons. The lowest BCUT2D eigenvalue weighted by molar-refractivity contribution is -0.121. The van der Waals surface area contributed by atoms with Crippen molar-refractivity contribution in [1.82, 2.24) is 9.99 Å². The molecule has 0 fully saturated rings. The monoisotopic (exact) mass is 519 g/mol. The Morgan fingerprint density at radius 2 is 1.67 bits per heavy atom. The molecule has 4 rings (SSSR count). The van der Waals surface area contributed by atoms with Gasteiger partial charge in [0.15, 0.2) is 0 Å². The number of nitrogens with zero attached hydrogens (tertiary/aromatic N) is 2. The van der Waals surface area contributed by atoms with Crippen LogP contribution in [-0.2, 0) is 16.1 Å². The Morgan fingerprint density at radius 3 is 2.28 bits per heavy atom. The summed E-state index contributed by atoms with van der Waals surface area (Å²) >= 11 is 7.37. The normalized spacial score (nSPS) is 11.1. The van der Waals surface area contributed by atoms with Crippen LogP contribution in [0.3, 0.4) is 0 Å². The minimum atomic E-state index is -0.551. The van der Waals surface area contributed by atoms with Crippen LogP contribution in [-0.4, -0.2) is 29.8 Å². The Hall–Kier alpha value is -4.01. The van der Waals surface area contributed by atoms with Gasteiger partial charge in [-0.25, -0.2) is 10.2 Å². The number of thiazole rings is 1. The van der Waals surface area contributed by atoms with Gasteiger partial charge in [-0.15, -0.1) is 0 Å². The topological polar surface area (TPSA) is 89.8 Å². The number of aromatic nitrogens is 1. The lowest BCUT2D eigenvalue weighted by Crippen LogP contribution is -2.26. The smallest absolute Gasteiger partial charge is 0.337 e. The number of carbonyl (C=O) groups excluding carboxylic acids is 2. The molecular formula is C27H22ClN3O4S. The number of rotatable bonds is 8. The number of hydrogen-bond acceptors (Lipinski definition) is 6. The first-order valence-electron chi connectivity index (χ1n) is 11.0. The predicted octanol–water partition coefficient (Wildman–Crippen LogP) is 4.68. The van der Waals surface area contributed by atoms with Crippen molar-refractivity contribution in [2.24, 2.45) is 5.10 Å². The highest BCUT2D eigenvalue weighted by Crippen LogP contribution is 2.25. The van der Waals surface area contributed by atoms with Crippen molar-refractivity contribution >= 4 is 41.0 Å². The highest BCUT2D eigenvalue weighted by atomic mass is 35.5. The van der Waals surface area contributed by atoms with Gasteiger partial charge in [0.2, 0.25) is 0 Å². The maximum Gasteiger partial charge on any atom is 0.337 e. The summed E-state index contributed by atoms with van der Waals surface area (Å²) in [5, 5.41) is 4.26. The van der Waals surface area contributed by atoms with Crippen molar-refractivity contribution in [2.45, 2.75) is 12.5 Å². The number of nitrogens with one attached hydrogen (secondary N) is 1. The fourth-order valence-electron chi connectivity index (χ4n) is 3.72. The van der Waals surface area contributed by atoms with Crippen LogP contribution in [0.5, 0.6) is 0 Å². The Bertz CT molecular complexity index is 1410. The zero-order chi connectivity index (χ0) is 25.5. The Labute approximate surface area is 216 Å². The van der Waals surface area contributed by atoms with Gasteiger partial charge in [0.05, 0.1) is 36.2 Å². The number of hydrogen-bond donors (Lipinski definition) is 1. The van der Waals surface area contributed by atoms with E-state index in [2.05, 4.69) is 10.5 Å². The second-order valence-corrected chi connectivity index (χ2v) is 9.14. The third-order valence-electron chi connectivity index (χ3n) is 5.43. The molecule has 0 saturated heterocycles. The number of esters is 1. The molecule has 1 heterocycles. The standard InChI is InChI=1S/C27H22ClN3O4S/c1-35-26(33)21-14-8-9-18(15-21)17-31-24(28)22(36-27(31)34)16-29-30-25(32)23(19-10-4-2-5-11-19)20-12-6-3-7-13-20/h2-16,23H,17H2,1H3,(H,30,32)/b29-16+. The lowest BCUT2D eigenvalue weighted by Gasteiger charge is -2.16. The van der Waals surface area contributed by atoms with Gasteiger partial charge in [-0.3, -0.25) is 14.2 Å². The molecule has 4 aromatic rings. The second-order valence-electron chi connectivity index (χ2n) is 7.79. The average molecular weight is 520 g/mol. The maximum absolute atomic E-state index is 13.1. The van der Waals surface area contributed by atoms with E-state index in [1.165, 1.54) is 17.9 Å². The fraction of sp³-hybridized carbons (Fsp3) is 0.111. The van der Waals surface area contributed by atoms with E-state index in [-0.39, 0.29) is 22.5 Å². The van der Waals surface area contributed by atoms with Crippen LogP contribution in [0.4, 0.5) is 0 Å². The van der Waals surface area contributed by atoms with Crippen molar-refractivity contribution in [3.63, 3.8) is 0 Å². The van der Waals surface area contributed by atoms with Gasteiger partial charge < -0.3 is 4.74 Å². The minimum absolute atomic E-state index is 0.170. The van der Waals surface area contributed by atoms with Crippen LogP contribution in [0.1, 0.15) is 37.8 Å². The van der Waals surface area contributed by atoms with E-state index in [0.717, 1.165) is 22.5 Å². The van der Waals surface area contributed by atoms with Crippen molar-refractivity contribution < 1.29 is 14.3 Å². The van der Waals surface area contributed by atoms with Crippen LogP contribution in [0.15, 0.2) is 94.8 Å². The van der Waals surface area contributed by atoms with E-state index < -0.39 is 11.9 Å². The van der Waals surface area contributed by atoms with Gasteiger partial charge in [0.1, 0.15) is 5.15 Å². The van der Waals surface area contributed by atoms with Gasteiger partial charge in [-0.2, -0.15) is 5.10 Å². The van der Waals surface area contributed by atoms with Gasteiger partial charge >= 0.3 is 10.8 Å². The van der Waals surface area contributed by atoms with Crippen molar-refractivity contribution in [3.05, 3.63) is 127 Å². The number of methoxy groups -OCH3 is 1.